The average molecular weight is 212 g/mol. The third-order valence-electron chi connectivity index (χ3n) is 2.63. The maximum Gasteiger partial charge on any atom is 0.246 e. The molecule has 1 rings (SSSR count). The van der Waals surface area contributed by atoms with Crippen molar-refractivity contribution >= 4 is 5.91 Å². The summed E-state index contributed by atoms with van der Waals surface area (Å²) in [5, 5.41) is 5.94. The minimum atomic E-state index is -0.0762. The summed E-state index contributed by atoms with van der Waals surface area (Å²) >= 11 is 0. The van der Waals surface area contributed by atoms with Crippen LogP contribution in [-0.4, -0.2) is 38.3 Å². The Kier molecular flexibility index (Phi) is 5.36. The first kappa shape index (κ1) is 12.2. The van der Waals surface area contributed by atoms with E-state index in [-0.39, 0.29) is 18.6 Å². The monoisotopic (exact) mass is 212 g/mol. The van der Waals surface area contributed by atoms with Crippen molar-refractivity contribution in [2.45, 2.75) is 19.4 Å². The topological polar surface area (TPSA) is 50.4 Å². The Labute approximate surface area is 91.1 Å². The highest BCUT2D eigenvalue weighted by atomic mass is 16.5. The standard InChI is InChI=1S/C11H20N2O2/c1-3-5-13-11(14)8-15-10-7-12-6-4-9(10)2/h3,9-10,12H,1,4-8H2,2H3,(H,13,14). The fraction of sp³-hybridized carbons (Fsp3) is 0.727. The normalized spacial score (nSPS) is 25.9. The van der Waals surface area contributed by atoms with E-state index in [1.165, 1.54) is 0 Å². The largest absolute Gasteiger partial charge is 0.367 e. The van der Waals surface area contributed by atoms with Gasteiger partial charge in [-0.1, -0.05) is 13.0 Å². The molecule has 1 amide bonds. The molecule has 0 spiro atoms. The van der Waals surface area contributed by atoms with E-state index in [1.54, 1.807) is 6.08 Å². The maximum absolute atomic E-state index is 11.2. The van der Waals surface area contributed by atoms with E-state index < -0.39 is 0 Å². The van der Waals surface area contributed by atoms with Crippen molar-refractivity contribution in [3.63, 3.8) is 0 Å². The fourth-order valence-corrected chi connectivity index (χ4v) is 1.60. The average Bonchev–Trinajstić information content (AvgIpc) is 2.25. The number of amides is 1. The van der Waals surface area contributed by atoms with Crippen molar-refractivity contribution in [2.75, 3.05) is 26.2 Å². The molecule has 2 N–H and O–H groups in total. The smallest absolute Gasteiger partial charge is 0.246 e. The molecule has 1 aliphatic rings. The Morgan fingerprint density at radius 1 is 1.73 bits per heavy atom. The first-order valence-corrected chi connectivity index (χ1v) is 5.44. The van der Waals surface area contributed by atoms with Gasteiger partial charge in [-0.2, -0.15) is 0 Å². The molecular weight excluding hydrogens is 192 g/mol. The Morgan fingerprint density at radius 3 is 3.20 bits per heavy atom. The first-order valence-electron chi connectivity index (χ1n) is 5.44. The molecule has 0 saturated carbocycles. The van der Waals surface area contributed by atoms with E-state index in [2.05, 4.69) is 24.1 Å². The second-order valence-corrected chi connectivity index (χ2v) is 3.91. The number of hydrogen-bond donors (Lipinski definition) is 2. The van der Waals surface area contributed by atoms with Crippen LogP contribution in [0.2, 0.25) is 0 Å². The molecule has 0 aromatic heterocycles. The molecule has 1 fully saturated rings. The number of piperidine rings is 1. The van der Waals surface area contributed by atoms with Gasteiger partial charge in [-0.25, -0.2) is 0 Å². The third kappa shape index (κ3) is 4.44. The van der Waals surface area contributed by atoms with E-state index in [1.807, 2.05) is 0 Å². The van der Waals surface area contributed by atoms with Crippen LogP contribution in [0.4, 0.5) is 0 Å². The van der Waals surface area contributed by atoms with Crippen LogP contribution in [0.3, 0.4) is 0 Å². The van der Waals surface area contributed by atoms with E-state index in [9.17, 15) is 4.79 Å². The molecule has 0 aliphatic carbocycles. The summed E-state index contributed by atoms with van der Waals surface area (Å²) in [6, 6.07) is 0. The molecule has 15 heavy (non-hydrogen) atoms. The highest BCUT2D eigenvalue weighted by Gasteiger charge is 2.22. The predicted molar refractivity (Wildman–Crippen MR) is 59.6 cm³/mol. The SMILES string of the molecule is C=CCNC(=O)COC1CNCCC1C. The van der Waals surface area contributed by atoms with Gasteiger partial charge in [0.05, 0.1) is 6.10 Å². The Balaban J connectivity index is 2.17. The zero-order valence-corrected chi connectivity index (χ0v) is 9.29. The zero-order valence-electron chi connectivity index (χ0n) is 9.29. The highest BCUT2D eigenvalue weighted by molar-refractivity contribution is 5.77. The predicted octanol–water partition coefficient (Wildman–Crippen LogP) is 0.303. The van der Waals surface area contributed by atoms with Crippen LogP contribution < -0.4 is 10.6 Å². The second-order valence-electron chi connectivity index (χ2n) is 3.91. The number of carbonyl (C=O) groups excluding carboxylic acids is 1. The number of nitrogens with one attached hydrogen (secondary N) is 2. The molecule has 4 heteroatoms. The summed E-state index contributed by atoms with van der Waals surface area (Å²) in [7, 11) is 0. The van der Waals surface area contributed by atoms with Crippen molar-refractivity contribution in [1.82, 2.24) is 10.6 Å². The van der Waals surface area contributed by atoms with Gasteiger partial charge in [0.15, 0.2) is 0 Å². The van der Waals surface area contributed by atoms with Crippen LogP contribution >= 0.6 is 0 Å². The molecule has 0 aromatic rings. The van der Waals surface area contributed by atoms with Gasteiger partial charge < -0.3 is 15.4 Å². The highest BCUT2D eigenvalue weighted by Crippen LogP contribution is 2.14. The van der Waals surface area contributed by atoms with Gasteiger partial charge in [0.1, 0.15) is 6.61 Å². The van der Waals surface area contributed by atoms with Crippen molar-refractivity contribution in [3.05, 3.63) is 12.7 Å². The minimum absolute atomic E-state index is 0.0762. The zero-order chi connectivity index (χ0) is 11.1. The van der Waals surface area contributed by atoms with Crippen LogP contribution in [-0.2, 0) is 9.53 Å². The summed E-state index contributed by atoms with van der Waals surface area (Å²) in [5.41, 5.74) is 0. The Morgan fingerprint density at radius 2 is 2.53 bits per heavy atom. The summed E-state index contributed by atoms with van der Waals surface area (Å²) < 4.78 is 5.55. The molecule has 1 saturated heterocycles. The molecule has 0 aromatic carbocycles. The van der Waals surface area contributed by atoms with Crippen molar-refractivity contribution in [2.24, 2.45) is 5.92 Å². The lowest BCUT2D eigenvalue weighted by atomic mass is 9.97. The summed E-state index contributed by atoms with van der Waals surface area (Å²) in [6.45, 7) is 8.22. The summed E-state index contributed by atoms with van der Waals surface area (Å²) in [6.07, 6.45) is 2.93. The van der Waals surface area contributed by atoms with E-state index in [0.29, 0.717) is 12.5 Å². The molecule has 1 heterocycles. The fourth-order valence-electron chi connectivity index (χ4n) is 1.60. The Bertz CT molecular complexity index is 219. The van der Waals surface area contributed by atoms with Gasteiger partial charge in [0.25, 0.3) is 0 Å². The number of carbonyl (C=O) groups is 1. The lowest BCUT2D eigenvalue weighted by molar-refractivity contribution is -0.128. The number of rotatable bonds is 5. The number of hydrogen-bond acceptors (Lipinski definition) is 3. The summed E-state index contributed by atoms with van der Waals surface area (Å²) in [5.74, 6) is 0.450. The Hall–Kier alpha value is -0.870. The minimum Gasteiger partial charge on any atom is -0.367 e. The van der Waals surface area contributed by atoms with Crippen LogP contribution in [0.25, 0.3) is 0 Å². The van der Waals surface area contributed by atoms with Crippen LogP contribution in [0.15, 0.2) is 12.7 Å². The van der Waals surface area contributed by atoms with Gasteiger partial charge in [-0.15, -0.1) is 6.58 Å². The molecular formula is C11H20N2O2. The molecule has 1 aliphatic heterocycles. The van der Waals surface area contributed by atoms with E-state index >= 15 is 0 Å². The lowest BCUT2D eigenvalue weighted by Crippen LogP contribution is -2.42. The van der Waals surface area contributed by atoms with Crippen LogP contribution in [0, 0.1) is 5.92 Å². The lowest BCUT2D eigenvalue weighted by Gasteiger charge is -2.29. The van der Waals surface area contributed by atoms with Crippen molar-refractivity contribution < 1.29 is 9.53 Å². The molecule has 2 unspecified atom stereocenters. The van der Waals surface area contributed by atoms with Crippen LogP contribution in [0.1, 0.15) is 13.3 Å². The molecule has 0 radical (unpaired) electrons. The van der Waals surface area contributed by atoms with Gasteiger partial charge >= 0.3 is 0 Å². The van der Waals surface area contributed by atoms with Crippen LogP contribution in [0.5, 0.6) is 0 Å². The number of ether oxygens (including phenoxy) is 1. The maximum atomic E-state index is 11.2. The quantitative estimate of drug-likeness (QED) is 0.645. The van der Waals surface area contributed by atoms with E-state index in [0.717, 1.165) is 19.5 Å². The van der Waals surface area contributed by atoms with Crippen molar-refractivity contribution in [3.8, 4) is 0 Å². The van der Waals surface area contributed by atoms with Gasteiger partial charge in [0.2, 0.25) is 5.91 Å². The third-order valence-corrected chi connectivity index (χ3v) is 2.63. The van der Waals surface area contributed by atoms with Gasteiger partial charge in [0, 0.05) is 13.1 Å². The molecule has 0 bridgehead atoms. The molecule has 4 nitrogen and oxygen atoms in total. The molecule has 86 valence electrons. The summed E-state index contributed by atoms with van der Waals surface area (Å²) in [4.78, 5) is 11.2. The van der Waals surface area contributed by atoms with Gasteiger partial charge in [-0.3, -0.25) is 4.79 Å². The molecule has 2 atom stereocenters. The van der Waals surface area contributed by atoms with Gasteiger partial charge in [-0.05, 0) is 18.9 Å². The second kappa shape index (κ2) is 6.58. The van der Waals surface area contributed by atoms with E-state index in [4.69, 9.17) is 4.74 Å². The first-order chi connectivity index (χ1) is 7.24. The van der Waals surface area contributed by atoms with Crippen molar-refractivity contribution in [1.29, 1.82) is 0 Å².